The van der Waals surface area contributed by atoms with Crippen LogP contribution in [-0.2, 0) is 4.79 Å². The molecule has 2 atom stereocenters. The Morgan fingerprint density at radius 1 is 1.32 bits per heavy atom. The summed E-state index contributed by atoms with van der Waals surface area (Å²) in [5.41, 5.74) is 4.97. The summed E-state index contributed by atoms with van der Waals surface area (Å²) in [5, 5.41) is 11.0. The summed E-state index contributed by atoms with van der Waals surface area (Å²) in [4.78, 5) is 35.4. The van der Waals surface area contributed by atoms with Crippen molar-refractivity contribution in [2.45, 2.75) is 38.6 Å². The van der Waals surface area contributed by atoms with Crippen molar-refractivity contribution in [3.8, 4) is 0 Å². The number of nitrogens with zero attached hydrogens (tertiary/aromatic N) is 4. The number of hydrogen-bond donors (Lipinski definition) is 4. The molecule has 2 amide bonds. The van der Waals surface area contributed by atoms with Crippen LogP contribution >= 0.6 is 11.6 Å². The first kappa shape index (κ1) is 23.3. The summed E-state index contributed by atoms with van der Waals surface area (Å²) in [6.07, 6.45) is 2.52. The number of carboxylic acid groups (broad SMARTS) is 1. The van der Waals surface area contributed by atoms with Crippen LogP contribution in [-0.4, -0.2) is 71.2 Å². The summed E-state index contributed by atoms with van der Waals surface area (Å²) >= 11 is 6.02. The molecule has 1 aliphatic heterocycles. The zero-order valence-electron chi connectivity index (χ0n) is 17.7. The van der Waals surface area contributed by atoms with Gasteiger partial charge in [0.05, 0.1) is 5.92 Å². The Balaban J connectivity index is 1.68. The molecule has 4 N–H and O–H groups in total. The molecule has 1 aliphatic carbocycles. The van der Waals surface area contributed by atoms with Gasteiger partial charge in [-0.1, -0.05) is 19.3 Å². The minimum Gasteiger partial charge on any atom is -0.465 e. The van der Waals surface area contributed by atoms with E-state index in [2.05, 4.69) is 31.0 Å². The molecule has 0 radical (unpaired) electrons. The fourth-order valence-electron chi connectivity index (χ4n) is 3.98. The molecule has 2 fully saturated rings. The number of hydrogen-bond acceptors (Lipinski definition) is 7. The Hall–Kier alpha value is -2.40. The Morgan fingerprint density at radius 3 is 2.68 bits per heavy atom. The monoisotopic (exact) mass is 457 g/mol. The van der Waals surface area contributed by atoms with Crippen molar-refractivity contribution in [1.82, 2.24) is 25.6 Å². The number of carbonyl (C=O) groups is 2. The molecule has 0 spiro atoms. The van der Waals surface area contributed by atoms with E-state index in [9.17, 15) is 9.59 Å². The molecule has 10 nitrogen and oxygen atoms in total. The zero-order chi connectivity index (χ0) is 22.5. The number of rotatable bonds is 8. The fourth-order valence-corrected chi connectivity index (χ4v) is 4.15. The molecule has 1 aromatic rings. The largest absolute Gasteiger partial charge is 0.465 e. The lowest BCUT2D eigenvalue weighted by molar-refractivity contribution is -0.125. The van der Waals surface area contributed by atoms with E-state index in [1.807, 2.05) is 18.9 Å². The van der Waals surface area contributed by atoms with Gasteiger partial charge in [-0.15, -0.1) is 0 Å². The lowest BCUT2D eigenvalue weighted by Gasteiger charge is -2.39. The van der Waals surface area contributed by atoms with Crippen LogP contribution in [0.4, 0.5) is 20.8 Å². The van der Waals surface area contributed by atoms with Crippen molar-refractivity contribution >= 4 is 35.2 Å². The minimum atomic E-state index is -1.20. The summed E-state index contributed by atoms with van der Waals surface area (Å²) in [7, 11) is 2.00. The molecule has 1 aromatic heterocycles. The van der Waals surface area contributed by atoms with Gasteiger partial charge in [0.1, 0.15) is 0 Å². The van der Waals surface area contributed by atoms with Gasteiger partial charge in [-0.2, -0.15) is 14.4 Å². The molecule has 172 valence electrons. The Morgan fingerprint density at radius 2 is 2.06 bits per heavy atom. The summed E-state index contributed by atoms with van der Waals surface area (Å²) < 4.78 is 15.1. The predicted octanol–water partition coefficient (Wildman–Crippen LogP) is 1.93. The first-order valence-corrected chi connectivity index (χ1v) is 10.8. The Kier molecular flexibility index (Phi) is 7.71. The number of piperazine rings is 1. The minimum absolute atomic E-state index is 0.0174. The summed E-state index contributed by atoms with van der Waals surface area (Å²) in [6.45, 7) is 4.04. The van der Waals surface area contributed by atoms with Crippen LogP contribution in [0.1, 0.15) is 32.6 Å². The molecular weight excluding hydrogens is 429 g/mol. The Labute approximate surface area is 185 Å². The van der Waals surface area contributed by atoms with Crippen LogP contribution in [0.3, 0.4) is 0 Å². The fraction of sp³-hybridized carbons (Fsp3) is 0.684. The van der Waals surface area contributed by atoms with E-state index in [1.165, 1.54) is 0 Å². The highest BCUT2D eigenvalue weighted by atomic mass is 35.5. The van der Waals surface area contributed by atoms with E-state index >= 15 is 4.39 Å². The van der Waals surface area contributed by atoms with Gasteiger partial charge >= 0.3 is 6.09 Å². The second kappa shape index (κ2) is 10.3. The second-order valence-corrected chi connectivity index (χ2v) is 8.65. The van der Waals surface area contributed by atoms with Gasteiger partial charge in [0.15, 0.2) is 11.6 Å². The van der Waals surface area contributed by atoms with Crippen molar-refractivity contribution in [1.29, 1.82) is 0 Å². The molecular formula is C19H29ClFN7O3. The highest BCUT2D eigenvalue weighted by molar-refractivity contribution is 6.28. The van der Waals surface area contributed by atoms with E-state index in [1.54, 1.807) is 0 Å². The van der Waals surface area contributed by atoms with E-state index in [0.717, 1.165) is 32.4 Å². The van der Waals surface area contributed by atoms with E-state index in [0.29, 0.717) is 18.9 Å². The topological polar surface area (TPSA) is 123 Å². The lowest BCUT2D eigenvalue weighted by Crippen LogP contribution is -2.51. The predicted molar refractivity (Wildman–Crippen MR) is 115 cm³/mol. The van der Waals surface area contributed by atoms with Crippen LogP contribution in [0.25, 0.3) is 0 Å². The number of aromatic nitrogens is 2. The van der Waals surface area contributed by atoms with Crippen molar-refractivity contribution in [3.05, 3.63) is 11.1 Å². The van der Waals surface area contributed by atoms with Crippen molar-refractivity contribution in [3.63, 3.8) is 0 Å². The number of nitrogens with one attached hydrogen (secondary N) is 3. The number of likely N-dealkylation sites (N-methyl/N-ethyl adjacent to an activating group) is 1. The summed E-state index contributed by atoms with van der Waals surface area (Å²) in [5.74, 6) is -1.49. The number of hydrazine groups is 1. The van der Waals surface area contributed by atoms with Gasteiger partial charge in [0, 0.05) is 32.2 Å². The average molecular weight is 458 g/mol. The molecule has 31 heavy (non-hydrogen) atoms. The van der Waals surface area contributed by atoms with Crippen molar-refractivity contribution in [2.75, 3.05) is 43.6 Å². The SMILES string of the molecule is C[C@@H]1CN(C)CCN1c1nc(Cl)nc(NNC(=O)[C@@H](CNC(=O)O)CC2CCC2)c1F. The third-order valence-corrected chi connectivity index (χ3v) is 6.10. The second-order valence-electron chi connectivity index (χ2n) is 8.31. The van der Waals surface area contributed by atoms with Gasteiger partial charge in [-0.25, -0.2) is 4.79 Å². The van der Waals surface area contributed by atoms with Gasteiger partial charge in [-0.05, 0) is 37.9 Å². The Bertz CT molecular complexity index is 811. The molecule has 12 heteroatoms. The quantitative estimate of drug-likeness (QED) is 0.345. The van der Waals surface area contributed by atoms with E-state index in [-0.39, 0.29) is 29.5 Å². The van der Waals surface area contributed by atoms with Crippen LogP contribution in [0.2, 0.25) is 5.28 Å². The normalized spacial score (nSPS) is 20.6. The van der Waals surface area contributed by atoms with Crippen LogP contribution in [0.15, 0.2) is 0 Å². The average Bonchev–Trinajstić information content (AvgIpc) is 2.67. The molecule has 2 aliphatic rings. The number of carbonyl (C=O) groups excluding carboxylic acids is 1. The van der Waals surface area contributed by atoms with Crippen molar-refractivity contribution in [2.24, 2.45) is 11.8 Å². The van der Waals surface area contributed by atoms with E-state index < -0.39 is 23.7 Å². The highest BCUT2D eigenvalue weighted by Crippen LogP contribution is 2.32. The summed E-state index contributed by atoms with van der Waals surface area (Å²) in [6, 6.07) is 0.0237. The third-order valence-electron chi connectivity index (χ3n) is 5.93. The molecule has 3 rings (SSSR count). The maximum Gasteiger partial charge on any atom is 0.404 e. The van der Waals surface area contributed by atoms with Gasteiger partial charge in [-0.3, -0.25) is 15.6 Å². The number of halogens is 2. The maximum absolute atomic E-state index is 15.1. The van der Waals surface area contributed by atoms with Crippen LogP contribution < -0.4 is 21.1 Å². The van der Waals surface area contributed by atoms with Crippen LogP contribution in [0.5, 0.6) is 0 Å². The van der Waals surface area contributed by atoms with Crippen LogP contribution in [0, 0.1) is 17.7 Å². The van der Waals surface area contributed by atoms with Gasteiger partial charge in [0.2, 0.25) is 17.0 Å². The van der Waals surface area contributed by atoms with E-state index in [4.69, 9.17) is 16.7 Å². The molecule has 1 saturated carbocycles. The smallest absolute Gasteiger partial charge is 0.404 e. The molecule has 1 saturated heterocycles. The number of amides is 2. The van der Waals surface area contributed by atoms with Gasteiger partial charge in [0.25, 0.3) is 0 Å². The first-order valence-electron chi connectivity index (χ1n) is 10.5. The number of anilines is 2. The highest BCUT2D eigenvalue weighted by Gasteiger charge is 2.29. The molecule has 0 unspecified atom stereocenters. The maximum atomic E-state index is 15.1. The first-order chi connectivity index (χ1) is 14.7. The van der Waals surface area contributed by atoms with Crippen molar-refractivity contribution < 1.29 is 19.1 Å². The zero-order valence-corrected chi connectivity index (χ0v) is 18.5. The molecule has 0 aromatic carbocycles. The third kappa shape index (κ3) is 6.07. The van der Waals surface area contributed by atoms with Gasteiger partial charge < -0.3 is 20.2 Å². The standard InChI is InChI=1S/C19H29ClFN7O3/c1-11-10-27(2)6-7-28(11)16-14(21)15(23-18(20)24-16)25-26-17(29)13(9-22-19(30)31)8-12-4-3-5-12/h11-13,22H,3-10H2,1-2H3,(H,26,29)(H,30,31)(H,23,24,25)/t11-,13-/m1/s1. The molecule has 0 bridgehead atoms. The lowest BCUT2D eigenvalue weighted by atomic mass is 9.79. The molecule has 2 heterocycles.